The molecule has 8 heteroatoms. The molecule has 1 aromatic carbocycles. The van der Waals surface area contributed by atoms with Crippen molar-refractivity contribution in [2.45, 2.75) is 6.42 Å². The average Bonchev–Trinajstić information content (AvgIpc) is 2.39. The Labute approximate surface area is 129 Å². The molecule has 2 rings (SSSR count). The molecule has 0 aliphatic heterocycles. The van der Waals surface area contributed by atoms with Gasteiger partial charge in [0.2, 0.25) is 5.91 Å². The summed E-state index contributed by atoms with van der Waals surface area (Å²) in [5.41, 5.74) is 3.09. The van der Waals surface area contributed by atoms with E-state index >= 15 is 0 Å². The molecule has 21 heavy (non-hydrogen) atoms. The first-order valence-corrected chi connectivity index (χ1v) is 6.72. The summed E-state index contributed by atoms with van der Waals surface area (Å²) in [7, 11) is 0. The normalized spacial score (nSPS) is 10.7. The van der Waals surface area contributed by atoms with E-state index in [-0.39, 0.29) is 22.7 Å². The Kier molecular flexibility index (Phi) is 5.02. The molecule has 108 valence electrons. The molecule has 2 aromatic rings. The van der Waals surface area contributed by atoms with Crippen LogP contribution in [0.15, 0.2) is 40.2 Å². The maximum atomic E-state index is 11.7. The first-order valence-electron chi connectivity index (χ1n) is 5.93. The van der Waals surface area contributed by atoms with Gasteiger partial charge < -0.3 is 4.98 Å². The van der Waals surface area contributed by atoms with Crippen molar-refractivity contribution >= 4 is 35.9 Å². The highest BCUT2D eigenvalue weighted by molar-refractivity contribution is 7.71. The van der Waals surface area contributed by atoms with Gasteiger partial charge in [-0.3, -0.25) is 14.6 Å². The zero-order valence-corrected chi connectivity index (χ0v) is 12.3. The maximum Gasteiger partial charge on any atom is 0.251 e. The van der Waals surface area contributed by atoms with E-state index in [0.29, 0.717) is 16.3 Å². The van der Waals surface area contributed by atoms with E-state index in [4.69, 9.17) is 23.8 Å². The predicted octanol–water partition coefficient (Wildman–Crippen LogP) is 1.78. The quantitative estimate of drug-likeness (QED) is 0.455. The lowest BCUT2D eigenvalue weighted by Crippen LogP contribution is -2.21. The molecule has 6 nitrogen and oxygen atoms in total. The Balaban J connectivity index is 1.98. The molecule has 0 aliphatic carbocycles. The number of carbonyl (C=O) groups excluding carboxylic acids is 1. The number of aromatic nitrogens is 2. The number of hydrogen-bond acceptors (Lipinski definition) is 4. The number of halogens is 1. The van der Waals surface area contributed by atoms with Gasteiger partial charge in [0.15, 0.2) is 4.77 Å². The monoisotopic (exact) mass is 322 g/mol. The van der Waals surface area contributed by atoms with Crippen LogP contribution in [0.2, 0.25) is 5.02 Å². The van der Waals surface area contributed by atoms with Crippen molar-refractivity contribution in [3.05, 3.63) is 61.7 Å². The highest BCUT2D eigenvalue weighted by Gasteiger charge is 2.03. The molecule has 0 atom stereocenters. The fraction of sp³-hybridized carbons (Fsp3) is 0.0769. The van der Waals surface area contributed by atoms with Gasteiger partial charge in [-0.15, -0.1) is 0 Å². The molecular formula is C13H11ClN4O2S. The molecular weight excluding hydrogens is 312 g/mol. The molecule has 1 amide bonds. The van der Waals surface area contributed by atoms with Crippen LogP contribution >= 0.6 is 23.8 Å². The number of amides is 1. The van der Waals surface area contributed by atoms with Gasteiger partial charge in [0, 0.05) is 22.3 Å². The summed E-state index contributed by atoms with van der Waals surface area (Å²) >= 11 is 10.8. The molecule has 0 spiro atoms. The Bertz CT molecular complexity index is 769. The number of H-pyrrole nitrogens is 2. The van der Waals surface area contributed by atoms with Gasteiger partial charge in [0.25, 0.3) is 5.56 Å². The lowest BCUT2D eigenvalue weighted by atomic mass is 10.2. The Morgan fingerprint density at radius 3 is 2.86 bits per heavy atom. The second-order valence-electron chi connectivity index (χ2n) is 4.10. The number of hydrazone groups is 1. The Morgan fingerprint density at radius 2 is 2.14 bits per heavy atom. The Morgan fingerprint density at radius 1 is 1.38 bits per heavy atom. The van der Waals surface area contributed by atoms with E-state index < -0.39 is 0 Å². The summed E-state index contributed by atoms with van der Waals surface area (Å²) in [5.74, 6) is -0.380. The standard InChI is InChI=1S/C13H11ClN4O2S/c14-10-4-2-1-3-8(10)7-15-18-12(20)6-9-5-11(19)17-13(21)16-9/h1-5,7H,6H2,(H,18,20)(H2,16,17,19,21)/b15-7-. The van der Waals surface area contributed by atoms with Gasteiger partial charge in [-0.05, 0) is 18.3 Å². The van der Waals surface area contributed by atoms with Crippen LogP contribution in [-0.2, 0) is 11.2 Å². The SMILES string of the molecule is O=C(Cc1cc(=O)[nH]c(=S)[nH]1)N/N=C\c1ccccc1Cl. The maximum absolute atomic E-state index is 11.7. The largest absolute Gasteiger partial charge is 0.335 e. The minimum atomic E-state index is -0.380. The van der Waals surface area contributed by atoms with E-state index in [0.717, 1.165) is 0 Å². The van der Waals surface area contributed by atoms with Crippen LogP contribution in [0.1, 0.15) is 11.3 Å². The molecule has 3 N–H and O–H groups in total. The van der Waals surface area contributed by atoms with E-state index in [1.165, 1.54) is 12.3 Å². The van der Waals surface area contributed by atoms with Crippen molar-refractivity contribution < 1.29 is 4.79 Å². The molecule has 1 heterocycles. The summed E-state index contributed by atoms with van der Waals surface area (Å²) in [4.78, 5) is 28.0. The van der Waals surface area contributed by atoms with Gasteiger partial charge in [-0.25, -0.2) is 5.43 Å². The number of carbonyl (C=O) groups is 1. The molecule has 1 aromatic heterocycles. The van der Waals surface area contributed by atoms with Crippen molar-refractivity contribution in [3.8, 4) is 0 Å². The third-order valence-electron chi connectivity index (χ3n) is 2.47. The highest BCUT2D eigenvalue weighted by Crippen LogP contribution is 2.11. The smallest absolute Gasteiger partial charge is 0.251 e. The second kappa shape index (κ2) is 6.96. The van der Waals surface area contributed by atoms with Gasteiger partial charge in [-0.2, -0.15) is 5.10 Å². The summed E-state index contributed by atoms with van der Waals surface area (Å²) in [6.45, 7) is 0. The van der Waals surface area contributed by atoms with E-state index in [1.807, 2.05) is 6.07 Å². The third kappa shape index (κ3) is 4.66. The molecule has 0 fully saturated rings. The van der Waals surface area contributed by atoms with E-state index in [9.17, 15) is 9.59 Å². The van der Waals surface area contributed by atoms with Crippen LogP contribution in [0.4, 0.5) is 0 Å². The number of nitrogens with zero attached hydrogens (tertiary/aromatic N) is 1. The van der Waals surface area contributed by atoms with Crippen LogP contribution < -0.4 is 11.0 Å². The van der Waals surface area contributed by atoms with Crippen LogP contribution in [0.25, 0.3) is 0 Å². The van der Waals surface area contributed by atoms with Gasteiger partial charge in [-0.1, -0.05) is 29.8 Å². The summed E-state index contributed by atoms with van der Waals surface area (Å²) in [5, 5.41) is 4.34. The Hall–Kier alpha value is -2.25. The third-order valence-corrected chi connectivity index (χ3v) is 3.01. The second-order valence-corrected chi connectivity index (χ2v) is 4.92. The van der Waals surface area contributed by atoms with Crippen molar-refractivity contribution in [2.75, 3.05) is 0 Å². The predicted molar refractivity (Wildman–Crippen MR) is 83.1 cm³/mol. The number of hydrogen-bond donors (Lipinski definition) is 3. The zero-order chi connectivity index (χ0) is 15.2. The fourth-order valence-corrected chi connectivity index (χ4v) is 2.00. The highest BCUT2D eigenvalue weighted by atomic mass is 35.5. The number of benzene rings is 1. The molecule has 0 bridgehead atoms. The summed E-state index contributed by atoms with van der Waals surface area (Å²) in [6, 6.07) is 8.37. The number of nitrogens with one attached hydrogen (secondary N) is 3. The van der Waals surface area contributed by atoms with Crippen molar-refractivity contribution in [2.24, 2.45) is 5.10 Å². The van der Waals surface area contributed by atoms with Crippen LogP contribution in [0.3, 0.4) is 0 Å². The molecule has 0 unspecified atom stereocenters. The minimum absolute atomic E-state index is 0.0343. The van der Waals surface area contributed by atoms with Gasteiger partial charge in [0.05, 0.1) is 12.6 Å². The lowest BCUT2D eigenvalue weighted by Gasteiger charge is -2.00. The average molecular weight is 323 g/mol. The number of aromatic amines is 2. The molecule has 0 radical (unpaired) electrons. The first kappa shape index (κ1) is 15.1. The molecule has 0 saturated carbocycles. The van der Waals surface area contributed by atoms with Gasteiger partial charge >= 0.3 is 0 Å². The van der Waals surface area contributed by atoms with Crippen LogP contribution in [-0.4, -0.2) is 22.1 Å². The summed E-state index contributed by atoms with van der Waals surface area (Å²) < 4.78 is 0.171. The lowest BCUT2D eigenvalue weighted by molar-refractivity contribution is -0.120. The zero-order valence-electron chi connectivity index (χ0n) is 10.7. The first-order chi connectivity index (χ1) is 10.0. The van der Waals surface area contributed by atoms with Crippen LogP contribution in [0.5, 0.6) is 0 Å². The van der Waals surface area contributed by atoms with E-state index in [1.54, 1.807) is 18.2 Å². The van der Waals surface area contributed by atoms with Crippen molar-refractivity contribution in [1.82, 2.24) is 15.4 Å². The minimum Gasteiger partial charge on any atom is -0.335 e. The molecule has 0 saturated heterocycles. The summed E-state index contributed by atoms with van der Waals surface area (Å²) in [6.07, 6.45) is 1.41. The van der Waals surface area contributed by atoms with E-state index in [2.05, 4.69) is 20.5 Å². The van der Waals surface area contributed by atoms with Crippen LogP contribution in [0, 0.1) is 4.77 Å². The van der Waals surface area contributed by atoms with Crippen molar-refractivity contribution in [1.29, 1.82) is 0 Å². The fourth-order valence-electron chi connectivity index (χ4n) is 1.58. The van der Waals surface area contributed by atoms with Gasteiger partial charge in [0.1, 0.15) is 0 Å². The topological polar surface area (TPSA) is 90.1 Å². The molecule has 0 aliphatic rings. The number of rotatable bonds is 4. The van der Waals surface area contributed by atoms with Crippen molar-refractivity contribution in [3.63, 3.8) is 0 Å².